The summed E-state index contributed by atoms with van der Waals surface area (Å²) in [5.41, 5.74) is 4.13. The van der Waals surface area contributed by atoms with Gasteiger partial charge in [0.1, 0.15) is 0 Å². The van der Waals surface area contributed by atoms with Crippen LogP contribution in [0.25, 0.3) is 0 Å². The lowest BCUT2D eigenvalue weighted by atomic mass is 10.0. The van der Waals surface area contributed by atoms with Crippen LogP contribution in [0.3, 0.4) is 0 Å². The molecule has 0 radical (unpaired) electrons. The van der Waals surface area contributed by atoms with Gasteiger partial charge in [0.25, 0.3) is 0 Å². The predicted octanol–water partition coefficient (Wildman–Crippen LogP) is 2.97. The van der Waals surface area contributed by atoms with Gasteiger partial charge in [-0.3, -0.25) is 0 Å². The average molecular weight is 177 g/mol. The minimum absolute atomic E-state index is 0.464. The quantitative estimate of drug-likeness (QED) is 0.748. The van der Waals surface area contributed by atoms with Crippen molar-refractivity contribution in [3.05, 3.63) is 34.9 Å². The molecule has 13 heavy (non-hydrogen) atoms. The van der Waals surface area contributed by atoms with Gasteiger partial charge >= 0.3 is 0 Å². The summed E-state index contributed by atoms with van der Waals surface area (Å²) in [4.78, 5) is 0. The van der Waals surface area contributed by atoms with Gasteiger partial charge in [-0.15, -0.1) is 0 Å². The van der Waals surface area contributed by atoms with Crippen LogP contribution < -0.4 is 5.32 Å². The number of nitrogens with one attached hydrogen (secondary N) is 1. The van der Waals surface area contributed by atoms with Crippen LogP contribution in [-0.4, -0.2) is 6.54 Å². The fraction of sp³-hybridized carbons (Fsp3) is 0.500. The molecule has 0 bridgehead atoms. The van der Waals surface area contributed by atoms with Crippen LogP contribution in [0, 0.1) is 13.8 Å². The second-order valence-electron chi connectivity index (χ2n) is 3.64. The van der Waals surface area contributed by atoms with Crippen molar-refractivity contribution in [2.45, 2.75) is 33.7 Å². The molecule has 0 amide bonds. The molecule has 0 spiro atoms. The van der Waals surface area contributed by atoms with Crippen molar-refractivity contribution < 1.29 is 0 Å². The third-order valence-electron chi connectivity index (χ3n) is 2.40. The first kappa shape index (κ1) is 10.3. The van der Waals surface area contributed by atoms with Crippen LogP contribution in [0.2, 0.25) is 0 Å². The fourth-order valence-electron chi connectivity index (χ4n) is 1.73. The van der Waals surface area contributed by atoms with E-state index in [1.54, 1.807) is 0 Å². The molecule has 1 atom stereocenters. The van der Waals surface area contributed by atoms with E-state index in [9.17, 15) is 0 Å². The third kappa shape index (κ3) is 2.56. The Morgan fingerprint density at radius 1 is 1.31 bits per heavy atom. The van der Waals surface area contributed by atoms with Crippen LogP contribution in [-0.2, 0) is 0 Å². The zero-order valence-corrected chi connectivity index (χ0v) is 9.02. The van der Waals surface area contributed by atoms with E-state index in [1.165, 1.54) is 16.7 Å². The Labute approximate surface area is 81.2 Å². The molecular weight excluding hydrogens is 158 g/mol. The maximum Gasteiger partial charge on any atom is 0.0294 e. The first-order chi connectivity index (χ1) is 6.15. The van der Waals surface area contributed by atoms with Crippen molar-refractivity contribution in [1.29, 1.82) is 0 Å². The molecule has 1 aromatic carbocycles. The van der Waals surface area contributed by atoms with E-state index in [1.807, 2.05) is 0 Å². The van der Waals surface area contributed by atoms with Gasteiger partial charge in [-0.25, -0.2) is 0 Å². The smallest absolute Gasteiger partial charge is 0.0294 e. The van der Waals surface area contributed by atoms with Crippen molar-refractivity contribution in [1.82, 2.24) is 5.32 Å². The summed E-state index contributed by atoms with van der Waals surface area (Å²) in [5.74, 6) is 0. The largest absolute Gasteiger partial charge is 0.310 e. The summed E-state index contributed by atoms with van der Waals surface area (Å²) in [6.45, 7) is 9.68. The molecular formula is C12H19N. The summed E-state index contributed by atoms with van der Waals surface area (Å²) in [6.07, 6.45) is 0. The molecule has 1 heteroatoms. The molecule has 0 heterocycles. The summed E-state index contributed by atoms with van der Waals surface area (Å²) >= 11 is 0. The van der Waals surface area contributed by atoms with Crippen LogP contribution in [0.1, 0.15) is 36.6 Å². The van der Waals surface area contributed by atoms with Gasteiger partial charge in [0, 0.05) is 6.04 Å². The Hall–Kier alpha value is -0.820. The molecule has 0 saturated carbocycles. The molecule has 1 aromatic rings. The molecule has 0 saturated heterocycles. The number of rotatable bonds is 3. The second kappa shape index (κ2) is 4.43. The van der Waals surface area contributed by atoms with Crippen LogP contribution in [0.5, 0.6) is 0 Å². The van der Waals surface area contributed by atoms with Crippen LogP contribution >= 0.6 is 0 Å². The fourth-order valence-corrected chi connectivity index (χ4v) is 1.73. The summed E-state index contributed by atoms with van der Waals surface area (Å²) < 4.78 is 0. The zero-order chi connectivity index (χ0) is 9.84. The van der Waals surface area contributed by atoms with Gasteiger partial charge in [0.2, 0.25) is 0 Å². The summed E-state index contributed by atoms with van der Waals surface area (Å²) in [5, 5.41) is 3.42. The average Bonchev–Trinajstić information content (AvgIpc) is 2.04. The molecule has 0 aliphatic carbocycles. The lowest BCUT2D eigenvalue weighted by Gasteiger charge is -2.15. The summed E-state index contributed by atoms with van der Waals surface area (Å²) in [6, 6.07) is 7.10. The van der Waals surface area contributed by atoms with Gasteiger partial charge in [-0.05, 0) is 38.4 Å². The standard InChI is InChI=1S/C12H19N/c1-5-13-11(4)12-7-6-9(2)8-10(12)3/h6-8,11,13H,5H2,1-4H3/t11-/m1/s1. The van der Waals surface area contributed by atoms with Crippen molar-refractivity contribution >= 4 is 0 Å². The molecule has 0 fully saturated rings. The molecule has 1 nitrogen and oxygen atoms in total. The monoisotopic (exact) mass is 177 g/mol. The first-order valence-corrected chi connectivity index (χ1v) is 4.95. The van der Waals surface area contributed by atoms with E-state index in [-0.39, 0.29) is 0 Å². The minimum Gasteiger partial charge on any atom is -0.310 e. The molecule has 1 rings (SSSR count). The number of hydrogen-bond donors (Lipinski definition) is 1. The van der Waals surface area contributed by atoms with E-state index in [0.29, 0.717) is 6.04 Å². The minimum atomic E-state index is 0.464. The first-order valence-electron chi connectivity index (χ1n) is 4.95. The second-order valence-corrected chi connectivity index (χ2v) is 3.64. The summed E-state index contributed by atoms with van der Waals surface area (Å²) in [7, 11) is 0. The molecule has 0 unspecified atom stereocenters. The topological polar surface area (TPSA) is 12.0 Å². The van der Waals surface area contributed by atoms with E-state index in [0.717, 1.165) is 6.54 Å². The highest BCUT2D eigenvalue weighted by Gasteiger charge is 2.05. The van der Waals surface area contributed by atoms with Gasteiger partial charge in [-0.2, -0.15) is 0 Å². The Morgan fingerprint density at radius 3 is 2.54 bits per heavy atom. The van der Waals surface area contributed by atoms with E-state index >= 15 is 0 Å². The normalized spacial score (nSPS) is 12.9. The SMILES string of the molecule is CCN[C@H](C)c1ccc(C)cc1C. The molecule has 0 aliphatic rings. The van der Waals surface area contributed by atoms with E-state index in [4.69, 9.17) is 0 Å². The lowest BCUT2D eigenvalue weighted by Crippen LogP contribution is -2.18. The Balaban J connectivity index is 2.88. The predicted molar refractivity (Wildman–Crippen MR) is 58.0 cm³/mol. The maximum atomic E-state index is 3.42. The van der Waals surface area contributed by atoms with Crippen molar-refractivity contribution in [2.75, 3.05) is 6.54 Å². The van der Waals surface area contributed by atoms with Gasteiger partial charge in [0.15, 0.2) is 0 Å². The number of benzene rings is 1. The maximum absolute atomic E-state index is 3.42. The Kier molecular flexibility index (Phi) is 3.49. The van der Waals surface area contributed by atoms with Gasteiger partial charge < -0.3 is 5.32 Å². The van der Waals surface area contributed by atoms with E-state index < -0.39 is 0 Å². The molecule has 0 aliphatic heterocycles. The number of hydrogen-bond acceptors (Lipinski definition) is 1. The number of aryl methyl sites for hydroxylation is 2. The highest BCUT2D eigenvalue weighted by atomic mass is 14.9. The molecule has 0 aromatic heterocycles. The van der Waals surface area contributed by atoms with Gasteiger partial charge in [-0.1, -0.05) is 30.7 Å². The Morgan fingerprint density at radius 2 is 2.00 bits per heavy atom. The van der Waals surface area contributed by atoms with Crippen LogP contribution in [0.4, 0.5) is 0 Å². The third-order valence-corrected chi connectivity index (χ3v) is 2.40. The zero-order valence-electron chi connectivity index (χ0n) is 9.02. The highest BCUT2D eigenvalue weighted by molar-refractivity contribution is 5.32. The lowest BCUT2D eigenvalue weighted by molar-refractivity contribution is 0.595. The van der Waals surface area contributed by atoms with Gasteiger partial charge in [0.05, 0.1) is 0 Å². The Bertz CT molecular complexity index is 278. The highest BCUT2D eigenvalue weighted by Crippen LogP contribution is 2.17. The van der Waals surface area contributed by atoms with Crippen molar-refractivity contribution in [3.8, 4) is 0 Å². The van der Waals surface area contributed by atoms with Crippen molar-refractivity contribution in [3.63, 3.8) is 0 Å². The van der Waals surface area contributed by atoms with E-state index in [2.05, 4.69) is 51.2 Å². The molecule has 72 valence electrons. The van der Waals surface area contributed by atoms with Crippen LogP contribution in [0.15, 0.2) is 18.2 Å². The van der Waals surface area contributed by atoms with Crippen molar-refractivity contribution in [2.24, 2.45) is 0 Å². The molecule has 1 N–H and O–H groups in total.